The first-order valence-corrected chi connectivity index (χ1v) is 7.77. The molecule has 0 aromatic carbocycles. The Labute approximate surface area is 126 Å². The number of likely N-dealkylation sites (N-methyl/N-ethyl adjacent to an activating group) is 1. The second-order valence-corrected chi connectivity index (χ2v) is 5.42. The maximum absolute atomic E-state index is 12.3. The van der Waals surface area contributed by atoms with Crippen LogP contribution in [0.15, 0.2) is 4.79 Å². The second-order valence-electron chi connectivity index (χ2n) is 5.42. The summed E-state index contributed by atoms with van der Waals surface area (Å²) in [6.45, 7) is 9.52. The Kier molecular flexibility index (Phi) is 5.76. The summed E-state index contributed by atoms with van der Waals surface area (Å²) >= 11 is 0. The van der Waals surface area contributed by atoms with Gasteiger partial charge in [-0.1, -0.05) is 20.3 Å². The third-order valence-corrected chi connectivity index (χ3v) is 3.99. The summed E-state index contributed by atoms with van der Waals surface area (Å²) in [5.41, 5.74) is 1.51. The number of hydrogen-bond acceptors (Lipinski definition) is 5. The zero-order chi connectivity index (χ0) is 15.2. The van der Waals surface area contributed by atoms with Gasteiger partial charge in [0, 0.05) is 38.9 Å². The molecule has 0 bridgehead atoms. The van der Waals surface area contributed by atoms with Crippen LogP contribution in [0.5, 0.6) is 0 Å². The molecule has 1 aliphatic rings. The number of piperazine rings is 1. The summed E-state index contributed by atoms with van der Waals surface area (Å²) < 4.78 is 5.20. The van der Waals surface area contributed by atoms with Gasteiger partial charge in [0.25, 0.3) is 5.56 Å². The summed E-state index contributed by atoms with van der Waals surface area (Å²) in [5.74, 6) is 0.683. The Morgan fingerprint density at radius 3 is 2.52 bits per heavy atom. The first kappa shape index (κ1) is 16.0. The minimum atomic E-state index is -0.0215. The highest BCUT2D eigenvalue weighted by atomic mass is 16.5. The molecule has 2 heterocycles. The maximum Gasteiger partial charge on any atom is 0.255 e. The van der Waals surface area contributed by atoms with Crippen molar-refractivity contribution in [2.45, 2.75) is 33.3 Å². The molecule has 0 aliphatic carbocycles. The molecule has 0 atom stereocenters. The molecule has 6 heteroatoms. The lowest BCUT2D eigenvalue weighted by atomic mass is 10.1. The van der Waals surface area contributed by atoms with Crippen LogP contribution in [0.4, 0.5) is 5.95 Å². The molecule has 1 aromatic rings. The fourth-order valence-electron chi connectivity index (χ4n) is 2.72. The highest BCUT2D eigenvalue weighted by Crippen LogP contribution is 2.13. The summed E-state index contributed by atoms with van der Waals surface area (Å²) in [6, 6.07) is 0. The normalized spacial score (nSPS) is 16.4. The molecule has 6 nitrogen and oxygen atoms in total. The van der Waals surface area contributed by atoms with Gasteiger partial charge in [0.2, 0.25) is 5.95 Å². The van der Waals surface area contributed by atoms with Gasteiger partial charge >= 0.3 is 0 Å². The van der Waals surface area contributed by atoms with E-state index in [0.717, 1.165) is 56.8 Å². The number of ether oxygens (including phenoxy) is 1. The fourth-order valence-corrected chi connectivity index (χ4v) is 2.72. The quantitative estimate of drug-likeness (QED) is 0.848. The number of aromatic nitrogens is 2. The van der Waals surface area contributed by atoms with Gasteiger partial charge in [-0.15, -0.1) is 0 Å². The molecule has 1 N–H and O–H groups in total. The van der Waals surface area contributed by atoms with Gasteiger partial charge in [0.15, 0.2) is 0 Å². The lowest BCUT2D eigenvalue weighted by molar-refractivity contribution is 0.180. The monoisotopic (exact) mass is 294 g/mol. The molecule has 0 radical (unpaired) electrons. The lowest BCUT2D eigenvalue weighted by Crippen LogP contribution is -2.47. The Balaban J connectivity index is 2.22. The average Bonchev–Trinajstić information content (AvgIpc) is 2.51. The maximum atomic E-state index is 12.3. The highest BCUT2D eigenvalue weighted by Gasteiger charge is 2.19. The highest BCUT2D eigenvalue weighted by molar-refractivity contribution is 5.34. The Hall–Kier alpha value is -1.40. The minimum absolute atomic E-state index is 0.0215. The molecule has 1 aromatic heterocycles. The van der Waals surface area contributed by atoms with E-state index < -0.39 is 0 Å². The number of rotatable bonds is 6. The molecule has 118 valence electrons. The topological polar surface area (TPSA) is 61.5 Å². The summed E-state index contributed by atoms with van der Waals surface area (Å²) in [5, 5.41) is 0. The Morgan fingerprint density at radius 2 is 1.95 bits per heavy atom. The van der Waals surface area contributed by atoms with E-state index >= 15 is 0 Å². The number of nitrogens with zero attached hydrogens (tertiary/aromatic N) is 3. The number of nitrogens with one attached hydrogen (secondary N) is 1. The standard InChI is InChI=1S/C15H26N4O2/c1-4-6-12-13(11-21-3)16-15(17-14(12)20)19-9-7-18(5-2)8-10-19/h4-11H2,1-3H3,(H,16,17,20). The summed E-state index contributed by atoms with van der Waals surface area (Å²) in [6.07, 6.45) is 1.67. The molecule has 0 amide bonds. The molecule has 0 unspecified atom stereocenters. The van der Waals surface area contributed by atoms with Crippen molar-refractivity contribution >= 4 is 5.95 Å². The van der Waals surface area contributed by atoms with Crippen LogP contribution in [-0.4, -0.2) is 54.7 Å². The van der Waals surface area contributed by atoms with Crippen LogP contribution in [0.2, 0.25) is 0 Å². The van der Waals surface area contributed by atoms with E-state index in [-0.39, 0.29) is 5.56 Å². The van der Waals surface area contributed by atoms with E-state index in [1.54, 1.807) is 7.11 Å². The SMILES string of the molecule is CCCc1c(COC)nc(N2CCN(CC)CC2)[nH]c1=O. The third-order valence-electron chi connectivity index (χ3n) is 3.99. The van der Waals surface area contributed by atoms with E-state index in [4.69, 9.17) is 4.74 Å². The molecule has 2 rings (SSSR count). The zero-order valence-corrected chi connectivity index (χ0v) is 13.3. The molecular formula is C15H26N4O2. The fraction of sp³-hybridized carbons (Fsp3) is 0.733. The van der Waals surface area contributed by atoms with Crippen LogP contribution in [0, 0.1) is 0 Å². The van der Waals surface area contributed by atoms with Crippen LogP contribution in [-0.2, 0) is 17.8 Å². The van der Waals surface area contributed by atoms with Crippen molar-refractivity contribution in [3.63, 3.8) is 0 Å². The Morgan fingerprint density at radius 1 is 1.24 bits per heavy atom. The molecule has 0 spiro atoms. The van der Waals surface area contributed by atoms with Crippen LogP contribution in [0.25, 0.3) is 0 Å². The van der Waals surface area contributed by atoms with Crippen molar-refractivity contribution in [1.82, 2.24) is 14.9 Å². The van der Waals surface area contributed by atoms with Crippen LogP contribution in [0.1, 0.15) is 31.5 Å². The second kappa shape index (κ2) is 7.56. The van der Waals surface area contributed by atoms with Crippen molar-refractivity contribution in [2.75, 3.05) is 44.7 Å². The van der Waals surface area contributed by atoms with E-state index in [2.05, 4.69) is 33.6 Å². The van der Waals surface area contributed by atoms with Gasteiger partial charge in [-0.05, 0) is 13.0 Å². The summed E-state index contributed by atoms with van der Waals surface area (Å²) in [4.78, 5) is 24.4. The van der Waals surface area contributed by atoms with Crippen molar-refractivity contribution in [3.05, 3.63) is 21.6 Å². The van der Waals surface area contributed by atoms with E-state index in [0.29, 0.717) is 12.6 Å². The molecular weight excluding hydrogens is 268 g/mol. The number of methoxy groups -OCH3 is 1. The van der Waals surface area contributed by atoms with E-state index in [9.17, 15) is 4.79 Å². The zero-order valence-electron chi connectivity index (χ0n) is 13.3. The van der Waals surface area contributed by atoms with Crippen molar-refractivity contribution < 1.29 is 4.74 Å². The van der Waals surface area contributed by atoms with Gasteiger partial charge in [-0.25, -0.2) is 4.98 Å². The number of hydrogen-bond donors (Lipinski definition) is 1. The Bertz CT molecular complexity index is 507. The predicted octanol–water partition coefficient (Wildman–Crippen LogP) is 1.01. The largest absolute Gasteiger partial charge is 0.378 e. The van der Waals surface area contributed by atoms with Crippen molar-refractivity contribution in [1.29, 1.82) is 0 Å². The van der Waals surface area contributed by atoms with Gasteiger partial charge < -0.3 is 14.5 Å². The van der Waals surface area contributed by atoms with Gasteiger partial charge in [0.1, 0.15) is 0 Å². The smallest absolute Gasteiger partial charge is 0.255 e. The number of H-pyrrole nitrogens is 1. The van der Waals surface area contributed by atoms with Crippen LogP contribution < -0.4 is 10.5 Å². The summed E-state index contributed by atoms with van der Waals surface area (Å²) in [7, 11) is 1.64. The predicted molar refractivity (Wildman–Crippen MR) is 83.9 cm³/mol. The molecule has 0 saturated carbocycles. The van der Waals surface area contributed by atoms with E-state index in [1.807, 2.05) is 0 Å². The minimum Gasteiger partial charge on any atom is -0.378 e. The average molecular weight is 294 g/mol. The van der Waals surface area contributed by atoms with Gasteiger partial charge in [-0.2, -0.15) is 0 Å². The molecule has 1 saturated heterocycles. The lowest BCUT2D eigenvalue weighted by Gasteiger charge is -2.34. The van der Waals surface area contributed by atoms with Crippen molar-refractivity contribution in [3.8, 4) is 0 Å². The first-order valence-electron chi connectivity index (χ1n) is 7.77. The van der Waals surface area contributed by atoms with Gasteiger partial charge in [-0.3, -0.25) is 9.78 Å². The van der Waals surface area contributed by atoms with Crippen LogP contribution >= 0.6 is 0 Å². The van der Waals surface area contributed by atoms with E-state index in [1.165, 1.54) is 0 Å². The molecule has 1 aliphatic heterocycles. The third kappa shape index (κ3) is 3.83. The number of aromatic amines is 1. The van der Waals surface area contributed by atoms with Crippen LogP contribution in [0.3, 0.4) is 0 Å². The number of anilines is 1. The molecule has 1 fully saturated rings. The van der Waals surface area contributed by atoms with Crippen molar-refractivity contribution in [2.24, 2.45) is 0 Å². The molecule has 21 heavy (non-hydrogen) atoms. The van der Waals surface area contributed by atoms with Gasteiger partial charge in [0.05, 0.1) is 12.3 Å². The first-order chi connectivity index (χ1) is 10.2.